The second-order valence-corrected chi connectivity index (χ2v) is 5.44. The van der Waals surface area contributed by atoms with Gasteiger partial charge < -0.3 is 10.0 Å². The average molecular weight is 300 g/mol. The summed E-state index contributed by atoms with van der Waals surface area (Å²) in [6.07, 6.45) is 1.99. The van der Waals surface area contributed by atoms with Crippen LogP contribution in [0, 0.1) is 11.8 Å². The third-order valence-electron chi connectivity index (χ3n) is 2.85. The monoisotopic (exact) mass is 300 g/mol. The first-order chi connectivity index (χ1) is 10.2. The number of hydrogen-bond acceptors (Lipinski definition) is 4. The van der Waals surface area contributed by atoms with Gasteiger partial charge in [0, 0.05) is 25.5 Å². The van der Waals surface area contributed by atoms with Gasteiger partial charge in [-0.15, -0.1) is 11.3 Å². The highest BCUT2D eigenvalue weighted by atomic mass is 32.1. The number of aromatic nitrogens is 1. The lowest BCUT2D eigenvalue weighted by atomic mass is 10.2. The van der Waals surface area contributed by atoms with Crippen LogP contribution in [0.2, 0.25) is 0 Å². The summed E-state index contributed by atoms with van der Waals surface area (Å²) in [4.78, 5) is 18.9. The molecule has 0 saturated heterocycles. The van der Waals surface area contributed by atoms with Crippen molar-refractivity contribution in [3.63, 3.8) is 0 Å². The van der Waals surface area contributed by atoms with Crippen LogP contribution >= 0.6 is 11.3 Å². The predicted molar refractivity (Wildman–Crippen MR) is 82.7 cm³/mol. The molecule has 0 aromatic carbocycles. The zero-order valence-electron chi connectivity index (χ0n) is 11.7. The fraction of sp³-hybridized carbons (Fsp3) is 0.250. The van der Waals surface area contributed by atoms with Crippen molar-refractivity contribution in [2.24, 2.45) is 0 Å². The number of aliphatic hydroxyl groups is 1. The van der Waals surface area contributed by atoms with Crippen LogP contribution in [0.1, 0.15) is 16.1 Å². The molecule has 0 aliphatic heterocycles. The lowest BCUT2D eigenvalue weighted by Crippen LogP contribution is -2.27. The first-order valence-electron chi connectivity index (χ1n) is 6.50. The molecule has 0 bridgehead atoms. The van der Waals surface area contributed by atoms with Gasteiger partial charge in [-0.1, -0.05) is 17.9 Å². The molecule has 2 aromatic rings. The van der Waals surface area contributed by atoms with Crippen LogP contribution in [0.4, 0.5) is 0 Å². The summed E-state index contributed by atoms with van der Waals surface area (Å²) >= 11 is 1.51. The molecule has 5 heteroatoms. The summed E-state index contributed by atoms with van der Waals surface area (Å²) in [6, 6.07) is 7.50. The fourth-order valence-corrected chi connectivity index (χ4v) is 2.58. The Balaban J connectivity index is 1.93. The van der Waals surface area contributed by atoms with E-state index in [9.17, 15) is 4.79 Å². The van der Waals surface area contributed by atoms with Crippen molar-refractivity contribution in [2.45, 2.75) is 13.0 Å². The zero-order chi connectivity index (χ0) is 15.1. The van der Waals surface area contributed by atoms with Gasteiger partial charge in [0.15, 0.2) is 0 Å². The molecule has 4 nitrogen and oxygen atoms in total. The number of pyridine rings is 1. The van der Waals surface area contributed by atoms with Crippen LogP contribution in [-0.2, 0) is 17.8 Å². The summed E-state index contributed by atoms with van der Waals surface area (Å²) in [5, 5.41) is 10.6. The molecule has 0 unspecified atom stereocenters. The minimum atomic E-state index is -0.143. The van der Waals surface area contributed by atoms with Crippen molar-refractivity contribution in [1.82, 2.24) is 9.88 Å². The van der Waals surface area contributed by atoms with Crippen LogP contribution in [0.5, 0.6) is 0 Å². The van der Waals surface area contributed by atoms with Crippen LogP contribution in [0.25, 0.3) is 0 Å². The second-order valence-electron chi connectivity index (χ2n) is 4.53. The van der Waals surface area contributed by atoms with Crippen molar-refractivity contribution in [2.75, 3.05) is 13.7 Å². The van der Waals surface area contributed by atoms with Crippen molar-refractivity contribution in [3.8, 4) is 11.8 Å². The predicted octanol–water partition coefficient (Wildman–Crippen LogP) is 1.69. The standard InChI is InChI=1S/C16H16N2O2S/c1-18(16(20)10-14-5-2-3-7-17-14)11-13-9-15(21-12-13)6-4-8-19/h2-3,5,7,9,12,19H,8,10-11H2,1H3. The van der Waals surface area contributed by atoms with Gasteiger partial charge in [0.25, 0.3) is 0 Å². The Labute approximate surface area is 128 Å². The minimum Gasteiger partial charge on any atom is -0.384 e. The molecular formula is C16H16N2O2S. The lowest BCUT2D eigenvalue weighted by Gasteiger charge is -2.16. The molecular weight excluding hydrogens is 284 g/mol. The maximum atomic E-state index is 12.1. The van der Waals surface area contributed by atoms with E-state index in [1.807, 2.05) is 29.6 Å². The number of nitrogens with zero attached hydrogens (tertiary/aromatic N) is 2. The number of aliphatic hydroxyl groups excluding tert-OH is 1. The summed E-state index contributed by atoms with van der Waals surface area (Å²) in [7, 11) is 1.78. The minimum absolute atomic E-state index is 0.0305. The molecule has 0 radical (unpaired) electrons. The summed E-state index contributed by atoms with van der Waals surface area (Å²) < 4.78 is 0. The molecule has 2 heterocycles. The Morgan fingerprint density at radius 2 is 2.33 bits per heavy atom. The SMILES string of the molecule is CN(Cc1csc(C#CCO)c1)C(=O)Cc1ccccn1. The highest BCUT2D eigenvalue weighted by molar-refractivity contribution is 7.10. The van der Waals surface area contributed by atoms with Crippen LogP contribution < -0.4 is 0 Å². The molecule has 0 aliphatic rings. The van der Waals surface area contributed by atoms with Gasteiger partial charge >= 0.3 is 0 Å². The van der Waals surface area contributed by atoms with E-state index < -0.39 is 0 Å². The fourth-order valence-electron chi connectivity index (χ4n) is 1.81. The zero-order valence-corrected chi connectivity index (χ0v) is 12.6. The number of likely N-dealkylation sites (N-methyl/N-ethyl adjacent to an activating group) is 1. The van der Waals surface area contributed by atoms with Gasteiger partial charge in [-0.3, -0.25) is 9.78 Å². The van der Waals surface area contributed by atoms with Crippen LogP contribution in [0.3, 0.4) is 0 Å². The van der Waals surface area contributed by atoms with Crippen molar-refractivity contribution in [1.29, 1.82) is 0 Å². The smallest absolute Gasteiger partial charge is 0.228 e. The number of thiophene rings is 1. The number of carbonyl (C=O) groups is 1. The van der Waals surface area contributed by atoms with Gasteiger partial charge in [0.05, 0.1) is 11.3 Å². The Morgan fingerprint density at radius 1 is 1.48 bits per heavy atom. The first kappa shape index (κ1) is 15.2. The van der Waals surface area contributed by atoms with Gasteiger partial charge in [0.2, 0.25) is 5.91 Å². The molecule has 2 aromatic heterocycles. The van der Waals surface area contributed by atoms with E-state index in [1.165, 1.54) is 11.3 Å². The Kier molecular flexibility index (Phi) is 5.50. The topological polar surface area (TPSA) is 53.4 Å². The van der Waals surface area contributed by atoms with E-state index in [1.54, 1.807) is 18.1 Å². The highest BCUT2D eigenvalue weighted by Crippen LogP contribution is 2.15. The van der Waals surface area contributed by atoms with E-state index >= 15 is 0 Å². The molecule has 0 atom stereocenters. The largest absolute Gasteiger partial charge is 0.384 e. The number of amides is 1. The number of rotatable bonds is 4. The van der Waals surface area contributed by atoms with Gasteiger partial charge in [-0.05, 0) is 29.1 Å². The van der Waals surface area contributed by atoms with E-state index in [0.29, 0.717) is 13.0 Å². The summed E-state index contributed by atoms with van der Waals surface area (Å²) in [5.41, 5.74) is 1.81. The second kappa shape index (κ2) is 7.58. The summed E-state index contributed by atoms with van der Waals surface area (Å²) in [5.74, 6) is 5.51. The quantitative estimate of drug-likeness (QED) is 0.874. The lowest BCUT2D eigenvalue weighted by molar-refractivity contribution is -0.129. The van der Waals surface area contributed by atoms with E-state index in [-0.39, 0.29) is 12.5 Å². The van der Waals surface area contributed by atoms with E-state index in [0.717, 1.165) is 16.1 Å². The maximum absolute atomic E-state index is 12.1. The maximum Gasteiger partial charge on any atom is 0.228 e. The molecule has 0 spiro atoms. The Hall–Kier alpha value is -2.16. The van der Waals surface area contributed by atoms with Crippen molar-refractivity contribution < 1.29 is 9.90 Å². The molecule has 2 rings (SSSR count). The number of carbonyl (C=O) groups excluding carboxylic acids is 1. The third-order valence-corrected chi connectivity index (χ3v) is 3.74. The van der Waals surface area contributed by atoms with Crippen LogP contribution in [-0.4, -0.2) is 34.6 Å². The molecule has 0 fully saturated rings. The molecule has 1 N–H and O–H groups in total. The Morgan fingerprint density at radius 3 is 3.05 bits per heavy atom. The van der Waals surface area contributed by atoms with Crippen molar-refractivity contribution >= 4 is 17.2 Å². The van der Waals surface area contributed by atoms with E-state index in [4.69, 9.17) is 5.11 Å². The molecule has 0 aliphatic carbocycles. The normalized spacial score (nSPS) is 9.81. The first-order valence-corrected chi connectivity index (χ1v) is 7.38. The highest BCUT2D eigenvalue weighted by Gasteiger charge is 2.11. The summed E-state index contributed by atoms with van der Waals surface area (Å²) in [6.45, 7) is 0.401. The molecule has 0 saturated carbocycles. The molecule has 108 valence electrons. The third kappa shape index (κ3) is 4.71. The van der Waals surface area contributed by atoms with Gasteiger partial charge in [-0.2, -0.15) is 0 Å². The number of hydrogen-bond donors (Lipinski definition) is 1. The van der Waals surface area contributed by atoms with Crippen LogP contribution in [0.15, 0.2) is 35.8 Å². The molecule has 21 heavy (non-hydrogen) atoms. The molecule has 1 amide bonds. The average Bonchev–Trinajstić information content (AvgIpc) is 2.93. The van der Waals surface area contributed by atoms with Gasteiger partial charge in [-0.25, -0.2) is 0 Å². The van der Waals surface area contributed by atoms with Crippen molar-refractivity contribution in [3.05, 3.63) is 52.0 Å². The van der Waals surface area contributed by atoms with Gasteiger partial charge in [0.1, 0.15) is 6.61 Å². The van der Waals surface area contributed by atoms with E-state index in [2.05, 4.69) is 16.8 Å². The Bertz CT molecular complexity index is 656.